The van der Waals surface area contributed by atoms with Crippen LogP contribution in [-0.2, 0) is 0 Å². The van der Waals surface area contributed by atoms with Crippen LogP contribution in [0.3, 0.4) is 0 Å². The number of nitrogen functional groups attached to an aromatic ring is 1. The molecule has 0 atom stereocenters. The molecule has 3 rings (SSSR count). The van der Waals surface area contributed by atoms with E-state index in [0.29, 0.717) is 5.82 Å². The highest BCUT2D eigenvalue weighted by atomic mass is 16.4. The van der Waals surface area contributed by atoms with Gasteiger partial charge >= 0.3 is 6.09 Å². The van der Waals surface area contributed by atoms with Crippen molar-refractivity contribution in [3.8, 4) is 11.4 Å². The van der Waals surface area contributed by atoms with Crippen molar-refractivity contribution >= 4 is 28.8 Å². The molecule has 1 aromatic heterocycles. The Hall–Kier alpha value is -3.22. The number of carboxylic acid groups (broad SMARTS) is 1. The molecule has 0 unspecified atom stereocenters. The number of carbonyl (C=O) groups is 1. The van der Waals surface area contributed by atoms with Gasteiger partial charge in [-0.25, -0.2) is 4.79 Å². The van der Waals surface area contributed by atoms with Crippen molar-refractivity contribution in [1.29, 1.82) is 0 Å². The maximum absolute atomic E-state index is 10.7. The van der Waals surface area contributed by atoms with Crippen LogP contribution in [0.1, 0.15) is 0 Å². The second kappa shape index (κ2) is 5.04. The topological polar surface area (TPSA) is 114 Å². The largest absolute Gasteiger partial charge is 0.465 e. The Balaban J connectivity index is 2.18. The summed E-state index contributed by atoms with van der Waals surface area (Å²) in [6, 6.07) is 13.5. The van der Waals surface area contributed by atoms with Gasteiger partial charge in [-0.3, -0.25) is 5.32 Å². The highest BCUT2D eigenvalue weighted by Crippen LogP contribution is 2.26. The molecule has 0 spiro atoms. The molecule has 104 valence electrons. The number of fused-ring (bicyclic) bond motifs is 1. The van der Waals surface area contributed by atoms with Gasteiger partial charge in [0, 0.05) is 5.56 Å². The lowest BCUT2D eigenvalue weighted by atomic mass is 10.0. The average molecular weight is 281 g/mol. The number of benzene rings is 2. The third-order valence-corrected chi connectivity index (χ3v) is 2.90. The highest BCUT2D eigenvalue weighted by Gasteiger charge is 2.11. The molecule has 1 amide bonds. The Morgan fingerprint density at radius 2 is 1.81 bits per heavy atom. The molecule has 7 nitrogen and oxygen atoms in total. The third-order valence-electron chi connectivity index (χ3n) is 2.90. The number of amides is 1. The number of nitrogens with two attached hydrogens (primary N) is 1. The minimum atomic E-state index is -1.26. The van der Waals surface area contributed by atoms with E-state index in [1.165, 1.54) is 0 Å². The summed E-state index contributed by atoms with van der Waals surface area (Å²) < 4.78 is 0. The molecule has 3 aromatic rings. The van der Waals surface area contributed by atoms with Crippen molar-refractivity contribution < 1.29 is 9.90 Å². The van der Waals surface area contributed by atoms with E-state index >= 15 is 0 Å². The molecule has 7 heteroatoms. The van der Waals surface area contributed by atoms with E-state index in [4.69, 9.17) is 10.8 Å². The number of hydrogen-bond acceptors (Lipinski definition) is 5. The van der Waals surface area contributed by atoms with Gasteiger partial charge in [0.25, 0.3) is 0 Å². The quantitative estimate of drug-likeness (QED) is 0.664. The number of rotatable bonds is 2. The Morgan fingerprint density at radius 1 is 1.05 bits per heavy atom. The first-order chi connectivity index (χ1) is 10.1. The first-order valence-corrected chi connectivity index (χ1v) is 6.13. The molecule has 0 radical (unpaired) electrons. The highest BCUT2D eigenvalue weighted by molar-refractivity contribution is 5.95. The third kappa shape index (κ3) is 2.57. The molecule has 0 aliphatic heterocycles. The van der Waals surface area contributed by atoms with E-state index in [9.17, 15) is 4.79 Å². The van der Waals surface area contributed by atoms with E-state index in [1.807, 2.05) is 42.5 Å². The van der Waals surface area contributed by atoms with Crippen LogP contribution in [0.4, 0.5) is 16.7 Å². The lowest BCUT2D eigenvalue weighted by Crippen LogP contribution is -2.13. The predicted molar refractivity (Wildman–Crippen MR) is 78.8 cm³/mol. The molecule has 1 heterocycles. The molecular formula is C14H11N5O2. The zero-order chi connectivity index (χ0) is 14.8. The molecule has 0 bridgehead atoms. The summed E-state index contributed by atoms with van der Waals surface area (Å²) >= 11 is 0. The second-order valence-corrected chi connectivity index (χ2v) is 4.30. The van der Waals surface area contributed by atoms with Crippen LogP contribution in [0.15, 0.2) is 42.5 Å². The second-order valence-electron chi connectivity index (χ2n) is 4.30. The van der Waals surface area contributed by atoms with Crippen molar-refractivity contribution in [2.24, 2.45) is 0 Å². The molecule has 4 N–H and O–H groups in total. The first kappa shape index (κ1) is 12.8. The number of anilines is 2. The molecule has 21 heavy (non-hydrogen) atoms. The van der Waals surface area contributed by atoms with Gasteiger partial charge in [0.2, 0.25) is 11.9 Å². The monoisotopic (exact) mass is 281 g/mol. The van der Waals surface area contributed by atoms with Crippen molar-refractivity contribution in [3.63, 3.8) is 0 Å². The van der Waals surface area contributed by atoms with Crippen LogP contribution >= 0.6 is 0 Å². The first-order valence-electron chi connectivity index (χ1n) is 6.13. The van der Waals surface area contributed by atoms with E-state index in [1.54, 1.807) is 0 Å². The van der Waals surface area contributed by atoms with Crippen molar-refractivity contribution in [2.45, 2.75) is 0 Å². The van der Waals surface area contributed by atoms with Gasteiger partial charge in [-0.1, -0.05) is 42.5 Å². The lowest BCUT2D eigenvalue weighted by molar-refractivity contribution is 0.209. The lowest BCUT2D eigenvalue weighted by Gasteiger charge is -2.07. The van der Waals surface area contributed by atoms with E-state index in [-0.39, 0.29) is 11.9 Å². The van der Waals surface area contributed by atoms with Crippen LogP contribution in [0.2, 0.25) is 0 Å². The van der Waals surface area contributed by atoms with Crippen LogP contribution in [0.25, 0.3) is 22.2 Å². The number of nitrogens with one attached hydrogen (secondary N) is 1. The van der Waals surface area contributed by atoms with Crippen LogP contribution in [0.5, 0.6) is 0 Å². The average Bonchev–Trinajstić information content (AvgIpc) is 2.45. The Kier molecular flexibility index (Phi) is 3.07. The maximum Gasteiger partial charge on any atom is 0.411 e. The summed E-state index contributed by atoms with van der Waals surface area (Å²) in [6.45, 7) is 0. The van der Waals surface area contributed by atoms with Gasteiger partial charge in [0.1, 0.15) is 0 Å². The molecule has 0 saturated heterocycles. The van der Waals surface area contributed by atoms with Crippen molar-refractivity contribution in [3.05, 3.63) is 42.5 Å². The SMILES string of the molecule is Nc1nc(NC(=O)O)nc(-c2cccc3ccccc23)n1. The minimum Gasteiger partial charge on any atom is -0.465 e. The van der Waals surface area contributed by atoms with E-state index in [2.05, 4.69) is 20.3 Å². The Labute approximate surface area is 119 Å². The molecule has 0 fully saturated rings. The standard InChI is InChI=1S/C14H11N5O2/c15-12-16-11(17-13(18-12)19-14(20)21)10-7-3-5-8-4-1-2-6-9(8)10/h1-7H,(H,20,21)(H3,15,16,17,18,19). The van der Waals surface area contributed by atoms with Crippen LogP contribution in [-0.4, -0.2) is 26.2 Å². The Morgan fingerprint density at radius 3 is 2.62 bits per heavy atom. The van der Waals surface area contributed by atoms with Gasteiger partial charge in [0.15, 0.2) is 5.82 Å². The normalized spacial score (nSPS) is 10.5. The van der Waals surface area contributed by atoms with Gasteiger partial charge < -0.3 is 10.8 Å². The fraction of sp³-hybridized carbons (Fsp3) is 0. The van der Waals surface area contributed by atoms with E-state index in [0.717, 1.165) is 16.3 Å². The summed E-state index contributed by atoms with van der Waals surface area (Å²) in [7, 11) is 0. The zero-order valence-electron chi connectivity index (χ0n) is 10.8. The number of nitrogens with zero attached hydrogens (tertiary/aromatic N) is 3. The smallest absolute Gasteiger partial charge is 0.411 e. The van der Waals surface area contributed by atoms with Gasteiger partial charge in [-0.15, -0.1) is 0 Å². The van der Waals surface area contributed by atoms with Gasteiger partial charge in [-0.2, -0.15) is 15.0 Å². The summed E-state index contributed by atoms with van der Waals surface area (Å²) in [5.41, 5.74) is 6.38. The Bertz CT molecular complexity index is 829. The van der Waals surface area contributed by atoms with Crippen LogP contribution in [0, 0.1) is 0 Å². The van der Waals surface area contributed by atoms with E-state index < -0.39 is 6.09 Å². The maximum atomic E-state index is 10.7. The van der Waals surface area contributed by atoms with Crippen LogP contribution < -0.4 is 11.1 Å². The summed E-state index contributed by atoms with van der Waals surface area (Å²) in [5, 5.41) is 12.8. The summed E-state index contributed by atoms with van der Waals surface area (Å²) in [5.74, 6) is 0.178. The van der Waals surface area contributed by atoms with Crippen molar-refractivity contribution in [2.75, 3.05) is 11.1 Å². The zero-order valence-corrected chi connectivity index (χ0v) is 10.8. The summed E-state index contributed by atoms with van der Waals surface area (Å²) in [6.07, 6.45) is -1.26. The molecule has 0 aliphatic carbocycles. The molecule has 0 saturated carbocycles. The predicted octanol–water partition coefficient (Wildman–Crippen LogP) is 2.36. The fourth-order valence-corrected chi connectivity index (χ4v) is 2.08. The fourth-order valence-electron chi connectivity index (χ4n) is 2.08. The summed E-state index contributed by atoms with van der Waals surface area (Å²) in [4.78, 5) is 22.6. The minimum absolute atomic E-state index is 0.0447. The number of hydrogen-bond donors (Lipinski definition) is 3. The molecular weight excluding hydrogens is 270 g/mol. The number of aromatic nitrogens is 3. The molecule has 0 aliphatic rings. The van der Waals surface area contributed by atoms with Gasteiger partial charge in [0.05, 0.1) is 0 Å². The van der Waals surface area contributed by atoms with Crippen molar-refractivity contribution in [1.82, 2.24) is 15.0 Å². The molecule has 2 aromatic carbocycles. The van der Waals surface area contributed by atoms with Gasteiger partial charge in [-0.05, 0) is 10.8 Å².